The molecule has 0 unspecified atom stereocenters. The van der Waals surface area contributed by atoms with E-state index in [1.807, 2.05) is 34.4 Å². The zero-order valence-electron chi connectivity index (χ0n) is 15.9. The van der Waals surface area contributed by atoms with Crippen molar-refractivity contribution in [3.8, 4) is 0 Å². The quantitative estimate of drug-likeness (QED) is 0.566. The van der Waals surface area contributed by atoms with E-state index in [0.29, 0.717) is 18.9 Å². The predicted molar refractivity (Wildman–Crippen MR) is 116 cm³/mol. The molecule has 0 spiro atoms. The second kappa shape index (κ2) is 7.42. The summed E-state index contributed by atoms with van der Waals surface area (Å²) in [5, 5.41) is 2.12. The molecule has 0 saturated carbocycles. The number of fused-ring (bicyclic) bond motifs is 2. The Morgan fingerprint density at radius 1 is 1.03 bits per heavy atom. The number of piperazine rings is 1. The molecular weight excluding hydrogens is 382 g/mol. The van der Waals surface area contributed by atoms with Crippen molar-refractivity contribution in [2.75, 3.05) is 25.4 Å². The lowest BCUT2D eigenvalue weighted by atomic mass is 10.1. The lowest BCUT2D eigenvalue weighted by Crippen LogP contribution is -2.49. The number of hydrogen-bond acceptors (Lipinski definition) is 6. The molecule has 2 N–H and O–H groups in total. The van der Waals surface area contributed by atoms with Crippen LogP contribution >= 0.6 is 11.3 Å². The Hall–Kier alpha value is -3.03. The standard InChI is InChI=1S/C22H21N5OS/c23-22-18-6-5-15(9-19(18)24-14-25-22)11-27-8-7-26(13-21(27)28)12-17-10-16-3-1-2-4-20(16)29-17/h1-6,9-10,14H,7-8,11-13H2,(H2,23,24,25). The second-order valence-electron chi connectivity index (χ2n) is 7.39. The van der Waals surface area contributed by atoms with Crippen molar-refractivity contribution in [3.63, 3.8) is 0 Å². The molecule has 6 nitrogen and oxygen atoms in total. The van der Waals surface area contributed by atoms with Crippen molar-refractivity contribution < 1.29 is 4.79 Å². The number of nitrogens with zero attached hydrogens (tertiary/aromatic N) is 4. The number of hydrogen-bond donors (Lipinski definition) is 1. The van der Waals surface area contributed by atoms with E-state index in [0.717, 1.165) is 36.1 Å². The minimum absolute atomic E-state index is 0.166. The highest BCUT2D eigenvalue weighted by molar-refractivity contribution is 7.19. The molecule has 3 heterocycles. The number of nitrogen functional groups attached to an aromatic ring is 1. The number of carbonyl (C=O) groups is 1. The monoisotopic (exact) mass is 403 g/mol. The SMILES string of the molecule is Nc1ncnc2cc(CN3CCN(Cc4cc5ccccc5s4)CC3=O)ccc12. The van der Waals surface area contributed by atoms with Crippen molar-refractivity contribution >= 4 is 44.1 Å². The first kappa shape index (κ1) is 18.0. The highest BCUT2D eigenvalue weighted by atomic mass is 32.1. The van der Waals surface area contributed by atoms with Gasteiger partial charge in [0.2, 0.25) is 5.91 Å². The van der Waals surface area contributed by atoms with Crippen LogP contribution in [0.4, 0.5) is 5.82 Å². The van der Waals surface area contributed by atoms with E-state index in [9.17, 15) is 4.79 Å². The highest BCUT2D eigenvalue weighted by Crippen LogP contribution is 2.27. The fourth-order valence-corrected chi connectivity index (χ4v) is 4.94. The predicted octanol–water partition coefficient (Wildman–Crippen LogP) is 3.27. The molecule has 4 aromatic rings. The molecule has 7 heteroatoms. The molecule has 1 aliphatic rings. The molecule has 1 aliphatic heterocycles. The van der Waals surface area contributed by atoms with Gasteiger partial charge in [0.1, 0.15) is 12.1 Å². The summed E-state index contributed by atoms with van der Waals surface area (Å²) in [5.41, 5.74) is 7.76. The van der Waals surface area contributed by atoms with E-state index in [2.05, 4.69) is 45.2 Å². The van der Waals surface area contributed by atoms with E-state index in [-0.39, 0.29) is 5.91 Å². The zero-order chi connectivity index (χ0) is 19.8. The number of rotatable bonds is 4. The third-order valence-electron chi connectivity index (χ3n) is 5.36. The van der Waals surface area contributed by atoms with Gasteiger partial charge in [-0.05, 0) is 35.2 Å². The maximum Gasteiger partial charge on any atom is 0.237 e. The number of carbonyl (C=O) groups excluding carboxylic acids is 1. The molecule has 0 aliphatic carbocycles. The van der Waals surface area contributed by atoms with Crippen LogP contribution in [0.25, 0.3) is 21.0 Å². The highest BCUT2D eigenvalue weighted by Gasteiger charge is 2.24. The van der Waals surface area contributed by atoms with Crippen molar-refractivity contribution in [2.45, 2.75) is 13.1 Å². The van der Waals surface area contributed by atoms with Crippen LogP contribution in [0, 0.1) is 0 Å². The van der Waals surface area contributed by atoms with Gasteiger partial charge in [-0.1, -0.05) is 24.3 Å². The van der Waals surface area contributed by atoms with Gasteiger partial charge in [-0.2, -0.15) is 0 Å². The van der Waals surface area contributed by atoms with Gasteiger partial charge in [0.15, 0.2) is 0 Å². The lowest BCUT2D eigenvalue weighted by Gasteiger charge is -2.34. The van der Waals surface area contributed by atoms with Crippen molar-refractivity contribution in [1.82, 2.24) is 19.8 Å². The first-order chi connectivity index (χ1) is 14.2. The molecule has 1 fully saturated rings. The molecule has 2 aromatic carbocycles. The number of nitrogens with two attached hydrogens (primary N) is 1. The van der Waals surface area contributed by atoms with Crippen molar-refractivity contribution in [1.29, 1.82) is 0 Å². The van der Waals surface area contributed by atoms with Gasteiger partial charge in [0.05, 0.1) is 12.1 Å². The summed E-state index contributed by atoms with van der Waals surface area (Å²) in [4.78, 5) is 26.5. The van der Waals surface area contributed by atoms with Gasteiger partial charge in [-0.3, -0.25) is 9.69 Å². The third kappa shape index (κ3) is 3.66. The van der Waals surface area contributed by atoms with Gasteiger partial charge >= 0.3 is 0 Å². The average molecular weight is 404 g/mol. The van der Waals surface area contributed by atoms with E-state index in [1.54, 1.807) is 0 Å². The van der Waals surface area contributed by atoms with Crippen LogP contribution in [0.1, 0.15) is 10.4 Å². The lowest BCUT2D eigenvalue weighted by molar-refractivity contribution is -0.136. The zero-order valence-corrected chi connectivity index (χ0v) is 16.7. The number of thiophene rings is 1. The van der Waals surface area contributed by atoms with Gasteiger partial charge in [-0.25, -0.2) is 9.97 Å². The molecule has 0 radical (unpaired) electrons. The minimum atomic E-state index is 0.166. The van der Waals surface area contributed by atoms with E-state index in [1.165, 1.54) is 21.3 Å². The summed E-state index contributed by atoms with van der Waals surface area (Å²) in [6.45, 7) is 3.48. The Morgan fingerprint density at radius 3 is 2.79 bits per heavy atom. The summed E-state index contributed by atoms with van der Waals surface area (Å²) in [7, 11) is 0. The molecule has 29 heavy (non-hydrogen) atoms. The molecule has 1 amide bonds. The molecule has 1 saturated heterocycles. The Kier molecular flexibility index (Phi) is 4.61. The largest absolute Gasteiger partial charge is 0.383 e. The Labute approximate surface area is 172 Å². The minimum Gasteiger partial charge on any atom is -0.383 e. The number of amides is 1. The maximum atomic E-state index is 12.7. The van der Waals surface area contributed by atoms with Gasteiger partial charge in [0, 0.05) is 41.1 Å². The number of aromatic nitrogens is 2. The van der Waals surface area contributed by atoms with Crippen molar-refractivity contribution in [2.24, 2.45) is 0 Å². The molecule has 5 rings (SSSR count). The molecule has 146 valence electrons. The Balaban J connectivity index is 1.25. The van der Waals surface area contributed by atoms with Crippen LogP contribution in [0.5, 0.6) is 0 Å². The fraction of sp³-hybridized carbons (Fsp3) is 0.227. The Morgan fingerprint density at radius 2 is 1.93 bits per heavy atom. The van der Waals surface area contributed by atoms with Crippen molar-refractivity contribution in [3.05, 3.63) is 65.3 Å². The van der Waals surface area contributed by atoms with Gasteiger partial charge in [0.25, 0.3) is 0 Å². The molecule has 2 aromatic heterocycles. The normalized spacial score (nSPS) is 15.4. The summed E-state index contributed by atoms with van der Waals surface area (Å²) in [6, 6.07) is 16.6. The van der Waals surface area contributed by atoms with Crippen LogP contribution in [0.2, 0.25) is 0 Å². The first-order valence-corrected chi connectivity index (χ1v) is 10.4. The van der Waals surface area contributed by atoms with Gasteiger partial charge < -0.3 is 10.6 Å². The molecular formula is C22H21N5OS. The van der Waals surface area contributed by atoms with Gasteiger partial charge in [-0.15, -0.1) is 11.3 Å². The topological polar surface area (TPSA) is 75.3 Å². The second-order valence-corrected chi connectivity index (χ2v) is 8.56. The summed E-state index contributed by atoms with van der Waals surface area (Å²) in [6.07, 6.45) is 1.47. The summed E-state index contributed by atoms with van der Waals surface area (Å²) >= 11 is 1.81. The maximum absolute atomic E-state index is 12.7. The summed E-state index contributed by atoms with van der Waals surface area (Å²) < 4.78 is 1.30. The molecule has 0 atom stereocenters. The van der Waals surface area contributed by atoms with E-state index >= 15 is 0 Å². The third-order valence-corrected chi connectivity index (χ3v) is 6.46. The van der Waals surface area contributed by atoms with E-state index in [4.69, 9.17) is 5.73 Å². The number of benzene rings is 2. The van der Waals surface area contributed by atoms with Crippen LogP contribution in [0.3, 0.4) is 0 Å². The summed E-state index contributed by atoms with van der Waals surface area (Å²) in [5.74, 6) is 0.645. The molecule has 0 bridgehead atoms. The number of anilines is 1. The fourth-order valence-electron chi connectivity index (χ4n) is 3.84. The van der Waals surface area contributed by atoms with Crippen LogP contribution in [-0.2, 0) is 17.9 Å². The van der Waals surface area contributed by atoms with Crippen LogP contribution in [0.15, 0.2) is 54.9 Å². The van der Waals surface area contributed by atoms with Crippen LogP contribution < -0.4 is 5.73 Å². The smallest absolute Gasteiger partial charge is 0.237 e. The Bertz CT molecular complexity index is 1170. The first-order valence-electron chi connectivity index (χ1n) is 9.62. The average Bonchev–Trinajstić information content (AvgIpc) is 3.12. The van der Waals surface area contributed by atoms with Crippen LogP contribution in [-0.4, -0.2) is 45.3 Å². The van der Waals surface area contributed by atoms with E-state index < -0.39 is 0 Å².